The molecule has 2 unspecified atom stereocenters. The minimum absolute atomic E-state index is 0.143. The minimum atomic E-state index is -0.143. The summed E-state index contributed by atoms with van der Waals surface area (Å²) in [5, 5.41) is 9.67. The van der Waals surface area contributed by atoms with Crippen molar-refractivity contribution in [3.05, 3.63) is 23.4 Å². The molecule has 0 aromatic rings. The van der Waals surface area contributed by atoms with Gasteiger partial charge in [0.15, 0.2) is 0 Å². The van der Waals surface area contributed by atoms with Gasteiger partial charge in [-0.2, -0.15) is 0 Å². The fourth-order valence-corrected chi connectivity index (χ4v) is 2.41. The number of aliphatic hydroxyl groups is 1. The highest BCUT2D eigenvalue weighted by Crippen LogP contribution is 2.18. The molecule has 1 fully saturated rings. The van der Waals surface area contributed by atoms with Crippen LogP contribution >= 0.6 is 0 Å². The number of piperidine rings is 1. The molecule has 0 aromatic heterocycles. The van der Waals surface area contributed by atoms with Crippen LogP contribution in [0.5, 0.6) is 0 Å². The van der Waals surface area contributed by atoms with Gasteiger partial charge in [0.05, 0.1) is 6.10 Å². The number of rotatable bonds is 2. The van der Waals surface area contributed by atoms with Gasteiger partial charge in [-0.3, -0.25) is 9.89 Å². The summed E-state index contributed by atoms with van der Waals surface area (Å²) in [5.74, 6) is 0.383. The Morgan fingerprint density at radius 3 is 3.00 bits per heavy atom. The zero-order chi connectivity index (χ0) is 12.3. The maximum atomic E-state index is 9.67. The summed E-state index contributed by atoms with van der Waals surface area (Å²) in [6, 6.07) is 0. The number of nitrogens with zero attached hydrogens (tertiary/aromatic N) is 2. The molecule has 3 heteroatoms. The highest BCUT2D eigenvalue weighted by atomic mass is 16.3. The van der Waals surface area contributed by atoms with Crippen LogP contribution in [0.4, 0.5) is 0 Å². The molecule has 1 N–H and O–H groups in total. The molecule has 0 aromatic carbocycles. The molecule has 2 aliphatic heterocycles. The molecule has 0 radical (unpaired) electrons. The molecular weight excluding hydrogens is 212 g/mol. The van der Waals surface area contributed by atoms with Crippen molar-refractivity contribution >= 4 is 6.21 Å². The normalized spacial score (nSPS) is 30.8. The zero-order valence-corrected chi connectivity index (χ0v) is 10.8. The standard InChI is InChI=1S/C14H22N2O/c1-11-5-6-12(2)15-8-13(11)9-16-7-3-4-14(17)10-16/h5-6,8,13-14,17H,3-4,7,9-10H2,1-2H3. The molecule has 0 bridgehead atoms. The van der Waals surface area contributed by atoms with Crippen LogP contribution in [0.3, 0.4) is 0 Å². The van der Waals surface area contributed by atoms with E-state index in [1.54, 1.807) is 0 Å². The topological polar surface area (TPSA) is 35.8 Å². The average Bonchev–Trinajstić information content (AvgIpc) is 2.45. The second kappa shape index (κ2) is 5.61. The smallest absolute Gasteiger partial charge is 0.0667 e. The van der Waals surface area contributed by atoms with Crippen molar-refractivity contribution in [2.45, 2.75) is 32.8 Å². The molecule has 3 nitrogen and oxygen atoms in total. The first-order chi connectivity index (χ1) is 8.15. The van der Waals surface area contributed by atoms with Crippen molar-refractivity contribution in [1.29, 1.82) is 0 Å². The third-order valence-corrected chi connectivity index (χ3v) is 3.57. The number of hydrogen-bond acceptors (Lipinski definition) is 3. The molecule has 0 aliphatic carbocycles. The third kappa shape index (κ3) is 3.51. The van der Waals surface area contributed by atoms with E-state index < -0.39 is 0 Å². The van der Waals surface area contributed by atoms with Crippen LogP contribution in [0.2, 0.25) is 0 Å². The summed E-state index contributed by atoms with van der Waals surface area (Å²) < 4.78 is 0. The van der Waals surface area contributed by atoms with Crippen LogP contribution in [0.15, 0.2) is 28.4 Å². The van der Waals surface area contributed by atoms with Gasteiger partial charge in [-0.05, 0) is 39.3 Å². The quantitative estimate of drug-likeness (QED) is 0.793. The molecule has 2 aliphatic rings. The van der Waals surface area contributed by atoms with Gasteiger partial charge >= 0.3 is 0 Å². The summed E-state index contributed by atoms with van der Waals surface area (Å²) in [6.45, 7) is 7.06. The van der Waals surface area contributed by atoms with E-state index in [-0.39, 0.29) is 6.10 Å². The highest BCUT2D eigenvalue weighted by Gasteiger charge is 2.21. The Morgan fingerprint density at radius 1 is 1.41 bits per heavy atom. The van der Waals surface area contributed by atoms with Crippen LogP contribution in [-0.4, -0.2) is 42.0 Å². The number of hydrogen-bond donors (Lipinski definition) is 1. The summed E-state index contributed by atoms with van der Waals surface area (Å²) >= 11 is 0. The van der Waals surface area contributed by atoms with E-state index in [2.05, 4.69) is 29.0 Å². The van der Waals surface area contributed by atoms with Gasteiger partial charge < -0.3 is 5.11 Å². The SMILES string of the molecule is CC1=CC=C(C)C(CN2CCCC(O)C2)C=N1. The summed E-state index contributed by atoms with van der Waals surface area (Å²) in [5.41, 5.74) is 2.41. The van der Waals surface area contributed by atoms with Gasteiger partial charge in [0.2, 0.25) is 0 Å². The first-order valence-electron chi connectivity index (χ1n) is 6.45. The Morgan fingerprint density at radius 2 is 2.24 bits per heavy atom. The lowest BCUT2D eigenvalue weighted by Crippen LogP contribution is -2.41. The Labute approximate surface area is 104 Å². The summed E-state index contributed by atoms with van der Waals surface area (Å²) in [7, 11) is 0. The first-order valence-corrected chi connectivity index (χ1v) is 6.45. The summed E-state index contributed by atoms with van der Waals surface area (Å²) in [6.07, 6.45) is 8.18. The van der Waals surface area contributed by atoms with E-state index >= 15 is 0 Å². The van der Waals surface area contributed by atoms with Crippen LogP contribution in [-0.2, 0) is 0 Å². The number of β-amino-alcohol motifs (C(OH)–C–C–N with tert-alkyl or cyclic N) is 1. The van der Waals surface area contributed by atoms with Gasteiger partial charge in [0, 0.05) is 30.9 Å². The van der Waals surface area contributed by atoms with E-state index in [0.29, 0.717) is 5.92 Å². The maximum Gasteiger partial charge on any atom is 0.0667 e. The van der Waals surface area contributed by atoms with Crippen LogP contribution < -0.4 is 0 Å². The first kappa shape index (κ1) is 12.5. The molecule has 0 spiro atoms. The van der Waals surface area contributed by atoms with Crippen molar-refractivity contribution in [3.63, 3.8) is 0 Å². The molecule has 2 rings (SSSR count). The van der Waals surface area contributed by atoms with Crippen molar-refractivity contribution in [3.8, 4) is 0 Å². The largest absolute Gasteiger partial charge is 0.392 e. The van der Waals surface area contributed by atoms with E-state index in [1.165, 1.54) is 5.57 Å². The van der Waals surface area contributed by atoms with Crippen LogP contribution in [0.1, 0.15) is 26.7 Å². The van der Waals surface area contributed by atoms with E-state index in [0.717, 1.165) is 38.2 Å². The van der Waals surface area contributed by atoms with E-state index in [9.17, 15) is 5.11 Å². The van der Waals surface area contributed by atoms with Gasteiger partial charge in [-0.15, -0.1) is 0 Å². The predicted molar refractivity (Wildman–Crippen MR) is 71.2 cm³/mol. The molecule has 94 valence electrons. The zero-order valence-electron chi connectivity index (χ0n) is 10.8. The number of aliphatic imine (C=N–C) groups is 1. The van der Waals surface area contributed by atoms with Gasteiger partial charge in [0.25, 0.3) is 0 Å². The number of allylic oxidation sites excluding steroid dienone is 3. The second-order valence-electron chi connectivity index (χ2n) is 5.16. The summed E-state index contributed by atoms with van der Waals surface area (Å²) in [4.78, 5) is 6.78. The molecule has 2 atom stereocenters. The fourth-order valence-electron chi connectivity index (χ4n) is 2.41. The van der Waals surface area contributed by atoms with Crippen molar-refractivity contribution in [1.82, 2.24) is 4.90 Å². The lowest BCUT2D eigenvalue weighted by atomic mass is 9.99. The molecule has 17 heavy (non-hydrogen) atoms. The second-order valence-corrected chi connectivity index (χ2v) is 5.16. The van der Waals surface area contributed by atoms with E-state index in [1.807, 2.05) is 13.1 Å². The molecule has 0 saturated carbocycles. The number of likely N-dealkylation sites (tertiary alicyclic amines) is 1. The Hall–Kier alpha value is -0.930. The number of aliphatic hydroxyl groups excluding tert-OH is 1. The third-order valence-electron chi connectivity index (χ3n) is 3.57. The minimum Gasteiger partial charge on any atom is -0.392 e. The monoisotopic (exact) mass is 234 g/mol. The van der Waals surface area contributed by atoms with Crippen molar-refractivity contribution in [2.75, 3.05) is 19.6 Å². The molecule has 1 saturated heterocycles. The average molecular weight is 234 g/mol. The molecule has 0 amide bonds. The van der Waals surface area contributed by atoms with Crippen molar-refractivity contribution in [2.24, 2.45) is 10.9 Å². The highest BCUT2D eigenvalue weighted by molar-refractivity contribution is 5.67. The van der Waals surface area contributed by atoms with Crippen LogP contribution in [0.25, 0.3) is 0 Å². The Balaban J connectivity index is 1.97. The van der Waals surface area contributed by atoms with E-state index in [4.69, 9.17) is 0 Å². The van der Waals surface area contributed by atoms with Gasteiger partial charge in [-0.25, -0.2) is 0 Å². The lowest BCUT2D eigenvalue weighted by Gasteiger charge is -2.32. The molecule has 2 heterocycles. The Kier molecular flexibility index (Phi) is 4.13. The predicted octanol–water partition coefficient (Wildman–Crippen LogP) is 1.99. The Bertz CT molecular complexity index is 357. The van der Waals surface area contributed by atoms with Gasteiger partial charge in [-0.1, -0.05) is 11.6 Å². The van der Waals surface area contributed by atoms with Crippen molar-refractivity contribution < 1.29 is 5.11 Å². The van der Waals surface area contributed by atoms with Gasteiger partial charge in [0.1, 0.15) is 0 Å². The maximum absolute atomic E-state index is 9.67. The fraction of sp³-hybridized carbons (Fsp3) is 0.643. The lowest BCUT2D eigenvalue weighted by molar-refractivity contribution is 0.0686. The van der Waals surface area contributed by atoms with Crippen LogP contribution in [0, 0.1) is 5.92 Å². The molecular formula is C14H22N2O.